The minimum absolute atomic E-state index is 0.0385. The number of nitrogens with one attached hydrogen (secondary N) is 1. The molecular weight excluding hydrogens is 388 g/mol. The zero-order valence-electron chi connectivity index (χ0n) is 13.8. The van der Waals surface area contributed by atoms with Crippen molar-refractivity contribution in [3.8, 4) is 5.75 Å². The van der Waals surface area contributed by atoms with Crippen molar-refractivity contribution in [2.75, 3.05) is 14.2 Å². The third-order valence-corrected chi connectivity index (χ3v) is 6.70. The Hall–Kier alpha value is -1.66. The molecule has 1 aliphatic heterocycles. The number of carbonyl (C=O) groups excluding carboxylic acids is 1. The molecule has 126 valence electrons. The van der Waals surface area contributed by atoms with Gasteiger partial charge in [-0.25, -0.2) is 0 Å². The van der Waals surface area contributed by atoms with E-state index in [1.165, 1.54) is 4.90 Å². The predicted octanol–water partition coefficient (Wildman–Crippen LogP) is 4.40. The topological polar surface area (TPSA) is 53.4 Å². The van der Waals surface area contributed by atoms with Crippen molar-refractivity contribution in [3.05, 3.63) is 50.6 Å². The van der Waals surface area contributed by atoms with Gasteiger partial charge in [0.2, 0.25) is 5.91 Å². The highest BCUT2D eigenvalue weighted by molar-refractivity contribution is 9.10. The Balaban J connectivity index is 2.12. The van der Waals surface area contributed by atoms with Crippen molar-refractivity contribution in [1.29, 1.82) is 5.41 Å². The minimum Gasteiger partial charge on any atom is -0.497 e. The first-order valence-corrected chi connectivity index (χ1v) is 9.27. The summed E-state index contributed by atoms with van der Waals surface area (Å²) < 4.78 is 6.24. The summed E-state index contributed by atoms with van der Waals surface area (Å²) in [7, 11) is 3.31. The van der Waals surface area contributed by atoms with Crippen molar-refractivity contribution in [3.63, 3.8) is 0 Å². The Morgan fingerprint density at radius 1 is 1.38 bits per heavy atom. The monoisotopic (exact) mass is 406 g/mol. The summed E-state index contributed by atoms with van der Waals surface area (Å²) in [6.45, 7) is 2.08. The van der Waals surface area contributed by atoms with Crippen LogP contribution in [0.4, 0.5) is 0 Å². The number of hydrogen-bond donors (Lipinski definition) is 1. The zero-order valence-corrected chi connectivity index (χ0v) is 16.2. The number of hydrogen-bond acceptors (Lipinski definition) is 4. The molecule has 1 amide bonds. The van der Waals surface area contributed by atoms with Gasteiger partial charge in [-0.2, -0.15) is 0 Å². The fraction of sp³-hybridized carbons (Fsp3) is 0.333. The highest BCUT2D eigenvalue weighted by atomic mass is 79.9. The number of piperidine rings is 1. The Morgan fingerprint density at radius 3 is 2.58 bits per heavy atom. The predicted molar refractivity (Wildman–Crippen MR) is 100 cm³/mol. The number of benzene rings is 1. The summed E-state index contributed by atoms with van der Waals surface area (Å²) in [5, 5.41) is 10.3. The van der Waals surface area contributed by atoms with Gasteiger partial charge >= 0.3 is 0 Å². The average molecular weight is 407 g/mol. The van der Waals surface area contributed by atoms with E-state index in [2.05, 4.69) is 28.9 Å². The van der Waals surface area contributed by atoms with E-state index < -0.39 is 5.41 Å². The minimum atomic E-state index is -0.439. The van der Waals surface area contributed by atoms with Crippen LogP contribution < -0.4 is 4.74 Å². The highest BCUT2D eigenvalue weighted by Gasteiger charge is 2.49. The number of amidine groups is 1. The summed E-state index contributed by atoms with van der Waals surface area (Å²) in [6.07, 6.45) is 0.527. The van der Waals surface area contributed by atoms with Gasteiger partial charge in [0.25, 0.3) is 0 Å². The maximum atomic E-state index is 13.0. The number of amides is 1. The standard InChI is InChI=1S/C18H19BrN2O2S/c1-18(14-8-12(19)10-24-14)9-15(20)21(2)17(22)16(18)11-4-6-13(23-3)7-5-11/h4-8,10,16,20H,9H2,1-3H3/t16-,18+/m0/s1. The van der Waals surface area contributed by atoms with E-state index >= 15 is 0 Å². The van der Waals surface area contributed by atoms with Gasteiger partial charge in [-0.15, -0.1) is 11.3 Å². The summed E-state index contributed by atoms with van der Waals surface area (Å²) in [4.78, 5) is 15.6. The molecule has 0 bridgehead atoms. The molecule has 1 N–H and O–H groups in total. The Bertz CT molecular complexity index is 787. The van der Waals surface area contributed by atoms with Gasteiger partial charge in [0.1, 0.15) is 11.6 Å². The van der Waals surface area contributed by atoms with Crippen molar-refractivity contribution in [1.82, 2.24) is 4.90 Å². The molecule has 0 unspecified atom stereocenters. The molecule has 1 aromatic heterocycles. The molecule has 1 fully saturated rings. The van der Waals surface area contributed by atoms with E-state index in [1.807, 2.05) is 29.6 Å². The second-order valence-electron chi connectivity index (χ2n) is 6.27. The molecule has 1 saturated heterocycles. The number of rotatable bonds is 3. The van der Waals surface area contributed by atoms with E-state index in [-0.39, 0.29) is 11.8 Å². The van der Waals surface area contributed by atoms with Crippen LogP contribution >= 0.6 is 27.3 Å². The lowest BCUT2D eigenvalue weighted by Gasteiger charge is -2.44. The third kappa shape index (κ3) is 2.78. The van der Waals surface area contributed by atoms with E-state index in [1.54, 1.807) is 25.5 Å². The number of nitrogens with zero attached hydrogens (tertiary/aromatic N) is 1. The Labute approximate surface area is 154 Å². The maximum absolute atomic E-state index is 13.0. The molecule has 0 aliphatic carbocycles. The number of methoxy groups -OCH3 is 1. The number of halogens is 1. The summed E-state index contributed by atoms with van der Waals surface area (Å²) in [5.41, 5.74) is 0.513. The third-order valence-electron chi connectivity index (χ3n) is 4.73. The van der Waals surface area contributed by atoms with Gasteiger partial charge in [-0.3, -0.25) is 10.2 Å². The van der Waals surface area contributed by atoms with Crippen LogP contribution in [0.3, 0.4) is 0 Å². The van der Waals surface area contributed by atoms with E-state index in [0.717, 1.165) is 20.7 Å². The van der Waals surface area contributed by atoms with Gasteiger partial charge in [0.15, 0.2) is 0 Å². The van der Waals surface area contributed by atoms with E-state index in [0.29, 0.717) is 12.3 Å². The molecule has 2 atom stereocenters. The molecule has 3 rings (SSSR count). The zero-order chi connectivity index (χ0) is 17.5. The molecule has 0 spiro atoms. The first kappa shape index (κ1) is 17.2. The van der Waals surface area contributed by atoms with Crippen LogP contribution in [-0.2, 0) is 10.2 Å². The Morgan fingerprint density at radius 2 is 2.04 bits per heavy atom. The molecule has 0 saturated carbocycles. The number of thiophene rings is 1. The molecular formula is C18H19BrN2O2S. The maximum Gasteiger partial charge on any atom is 0.236 e. The number of carbonyl (C=O) groups is 1. The molecule has 2 aromatic rings. The van der Waals surface area contributed by atoms with Gasteiger partial charge in [-0.1, -0.05) is 19.1 Å². The van der Waals surface area contributed by atoms with E-state index in [9.17, 15) is 4.79 Å². The molecule has 1 aliphatic rings. The number of ether oxygens (including phenoxy) is 1. The second-order valence-corrected chi connectivity index (χ2v) is 8.10. The van der Waals surface area contributed by atoms with E-state index in [4.69, 9.17) is 10.1 Å². The van der Waals surface area contributed by atoms with Gasteiger partial charge in [0.05, 0.1) is 13.0 Å². The van der Waals surface area contributed by atoms with Gasteiger partial charge in [0, 0.05) is 33.6 Å². The average Bonchev–Trinajstić information content (AvgIpc) is 3.01. The molecule has 24 heavy (non-hydrogen) atoms. The van der Waals surface area contributed by atoms with Crippen LogP contribution in [0.2, 0.25) is 0 Å². The summed E-state index contributed by atoms with van der Waals surface area (Å²) in [6, 6.07) is 9.73. The van der Waals surface area contributed by atoms with Crippen LogP contribution in [0.25, 0.3) is 0 Å². The fourth-order valence-electron chi connectivity index (χ4n) is 3.32. The lowest BCUT2D eigenvalue weighted by atomic mass is 9.67. The molecule has 2 heterocycles. The first-order valence-electron chi connectivity index (χ1n) is 7.60. The van der Waals surface area contributed by atoms with Crippen molar-refractivity contribution >= 4 is 39.0 Å². The smallest absolute Gasteiger partial charge is 0.236 e. The van der Waals surface area contributed by atoms with Crippen molar-refractivity contribution < 1.29 is 9.53 Å². The van der Waals surface area contributed by atoms with Gasteiger partial charge in [-0.05, 0) is 39.7 Å². The number of likely N-dealkylation sites (N-methyl/N-ethyl adjacent to an activating group) is 1. The molecule has 0 radical (unpaired) electrons. The molecule has 4 nitrogen and oxygen atoms in total. The number of likely N-dealkylation sites (tertiary alicyclic amines) is 1. The van der Waals surface area contributed by atoms with Gasteiger partial charge < -0.3 is 9.64 Å². The van der Waals surface area contributed by atoms with Crippen LogP contribution in [0.1, 0.15) is 29.7 Å². The highest BCUT2D eigenvalue weighted by Crippen LogP contribution is 2.48. The van der Waals surface area contributed by atoms with Crippen molar-refractivity contribution in [2.45, 2.75) is 24.7 Å². The van der Waals surface area contributed by atoms with Crippen LogP contribution in [-0.4, -0.2) is 30.8 Å². The fourth-order valence-corrected chi connectivity index (χ4v) is 4.94. The quantitative estimate of drug-likeness (QED) is 0.820. The second kappa shape index (κ2) is 6.33. The molecule has 6 heteroatoms. The lowest BCUT2D eigenvalue weighted by molar-refractivity contribution is -0.131. The SMILES string of the molecule is COc1ccc([C@H]2C(=O)N(C)C(=N)C[C@]2(C)c2cc(Br)cs2)cc1. The van der Waals surface area contributed by atoms with Crippen LogP contribution in [0.15, 0.2) is 40.2 Å². The van der Waals surface area contributed by atoms with Crippen molar-refractivity contribution in [2.24, 2.45) is 0 Å². The normalized spacial score (nSPS) is 24.3. The summed E-state index contributed by atoms with van der Waals surface area (Å²) >= 11 is 5.13. The largest absolute Gasteiger partial charge is 0.497 e. The summed E-state index contributed by atoms with van der Waals surface area (Å²) in [5.74, 6) is 0.761. The Kier molecular flexibility index (Phi) is 4.53. The van der Waals surface area contributed by atoms with Crippen LogP contribution in [0, 0.1) is 5.41 Å². The lowest BCUT2D eigenvalue weighted by Crippen LogP contribution is -2.51. The van der Waals surface area contributed by atoms with Crippen LogP contribution in [0.5, 0.6) is 5.75 Å². The molecule has 1 aromatic carbocycles. The first-order chi connectivity index (χ1) is 11.4.